The predicted octanol–water partition coefficient (Wildman–Crippen LogP) is 5.52. The summed E-state index contributed by atoms with van der Waals surface area (Å²) in [6, 6.07) is 16.0. The summed E-state index contributed by atoms with van der Waals surface area (Å²) in [7, 11) is 0. The Morgan fingerprint density at radius 1 is 1.15 bits per heavy atom. The first-order valence-electron chi connectivity index (χ1n) is 8.47. The lowest BCUT2D eigenvalue weighted by atomic mass is 10.0. The van der Waals surface area contributed by atoms with Crippen LogP contribution < -0.4 is 4.74 Å². The van der Waals surface area contributed by atoms with Gasteiger partial charge in [0.1, 0.15) is 22.2 Å². The zero-order chi connectivity index (χ0) is 18.7. The highest BCUT2D eigenvalue weighted by Gasteiger charge is 2.15. The fourth-order valence-corrected chi connectivity index (χ4v) is 3.62. The van der Waals surface area contributed by atoms with Gasteiger partial charge in [0.05, 0.1) is 5.69 Å². The summed E-state index contributed by atoms with van der Waals surface area (Å²) in [6.45, 7) is 6.51. The van der Waals surface area contributed by atoms with E-state index in [1.54, 1.807) is 6.92 Å². The Bertz CT molecular complexity index is 913. The molecule has 26 heavy (non-hydrogen) atoms. The maximum atomic E-state index is 11.2. The number of carboxylic acid groups (broad SMARTS) is 1. The Labute approximate surface area is 157 Å². The van der Waals surface area contributed by atoms with Gasteiger partial charge in [0.2, 0.25) is 0 Å². The van der Waals surface area contributed by atoms with Crippen molar-refractivity contribution in [2.24, 2.45) is 0 Å². The number of nitrogens with zero attached hydrogens (tertiary/aromatic N) is 1. The Morgan fingerprint density at radius 3 is 2.46 bits per heavy atom. The molecule has 2 aromatic carbocycles. The molecule has 0 amide bonds. The van der Waals surface area contributed by atoms with Crippen molar-refractivity contribution in [2.75, 3.05) is 0 Å². The highest BCUT2D eigenvalue weighted by atomic mass is 32.1. The third kappa shape index (κ3) is 3.94. The van der Waals surface area contributed by atoms with Crippen molar-refractivity contribution >= 4 is 17.3 Å². The molecule has 3 aromatic rings. The first kappa shape index (κ1) is 18.1. The van der Waals surface area contributed by atoms with E-state index >= 15 is 0 Å². The van der Waals surface area contributed by atoms with Crippen LogP contribution in [0.25, 0.3) is 10.6 Å². The summed E-state index contributed by atoms with van der Waals surface area (Å²) in [5.41, 5.74) is 3.72. The van der Waals surface area contributed by atoms with E-state index < -0.39 is 5.97 Å². The summed E-state index contributed by atoms with van der Waals surface area (Å²) < 4.78 is 5.99. The zero-order valence-electron chi connectivity index (χ0n) is 15.0. The second kappa shape index (κ2) is 7.70. The molecule has 3 rings (SSSR count). The van der Waals surface area contributed by atoms with E-state index in [9.17, 15) is 4.79 Å². The van der Waals surface area contributed by atoms with Gasteiger partial charge in [-0.15, -0.1) is 11.3 Å². The van der Waals surface area contributed by atoms with E-state index in [0.29, 0.717) is 18.2 Å². The van der Waals surface area contributed by atoms with E-state index in [2.05, 4.69) is 24.9 Å². The van der Waals surface area contributed by atoms with Crippen LogP contribution in [0.2, 0.25) is 0 Å². The second-order valence-corrected chi connectivity index (χ2v) is 7.42. The third-order valence-electron chi connectivity index (χ3n) is 4.13. The molecule has 4 nitrogen and oxygen atoms in total. The van der Waals surface area contributed by atoms with Crippen molar-refractivity contribution < 1.29 is 14.6 Å². The Morgan fingerprint density at radius 2 is 1.85 bits per heavy atom. The van der Waals surface area contributed by atoms with Crippen LogP contribution in [-0.2, 0) is 6.61 Å². The van der Waals surface area contributed by atoms with Crippen molar-refractivity contribution in [3.05, 3.63) is 70.2 Å². The molecule has 0 spiro atoms. The van der Waals surface area contributed by atoms with Gasteiger partial charge in [-0.25, -0.2) is 9.78 Å². The van der Waals surface area contributed by atoms with Gasteiger partial charge in [-0.1, -0.05) is 56.3 Å². The van der Waals surface area contributed by atoms with Crippen molar-refractivity contribution in [1.82, 2.24) is 4.98 Å². The number of aryl methyl sites for hydroxylation is 1. The van der Waals surface area contributed by atoms with Gasteiger partial charge in [-0.3, -0.25) is 0 Å². The number of hydrogen-bond donors (Lipinski definition) is 1. The Balaban J connectivity index is 1.73. The number of aromatic nitrogens is 1. The van der Waals surface area contributed by atoms with Gasteiger partial charge in [0.25, 0.3) is 0 Å². The van der Waals surface area contributed by atoms with Gasteiger partial charge >= 0.3 is 5.97 Å². The smallest absolute Gasteiger partial charge is 0.347 e. The van der Waals surface area contributed by atoms with E-state index in [1.807, 2.05) is 42.5 Å². The summed E-state index contributed by atoms with van der Waals surface area (Å²) >= 11 is 1.20. The number of para-hydroxylation sites is 1. The number of carbonyl (C=O) groups is 1. The fourth-order valence-electron chi connectivity index (χ4n) is 2.71. The summed E-state index contributed by atoms with van der Waals surface area (Å²) in [6.07, 6.45) is 0. The van der Waals surface area contributed by atoms with Crippen LogP contribution in [0.4, 0.5) is 0 Å². The molecular weight excluding hydrogens is 346 g/mol. The van der Waals surface area contributed by atoms with Crippen LogP contribution in [0.15, 0.2) is 48.5 Å². The van der Waals surface area contributed by atoms with Gasteiger partial charge in [0.15, 0.2) is 0 Å². The zero-order valence-corrected chi connectivity index (χ0v) is 15.8. The average molecular weight is 367 g/mol. The molecule has 1 N–H and O–H groups in total. The van der Waals surface area contributed by atoms with Crippen LogP contribution in [-0.4, -0.2) is 16.1 Å². The number of ether oxygens (including phenoxy) is 1. The molecule has 134 valence electrons. The average Bonchev–Trinajstić information content (AvgIpc) is 3.02. The van der Waals surface area contributed by atoms with Crippen molar-refractivity contribution in [3.8, 4) is 16.3 Å². The minimum absolute atomic E-state index is 0.290. The minimum atomic E-state index is -0.930. The van der Waals surface area contributed by atoms with Crippen molar-refractivity contribution in [1.29, 1.82) is 0 Å². The number of benzene rings is 2. The number of carboxylic acids is 1. The largest absolute Gasteiger partial charge is 0.489 e. The first-order chi connectivity index (χ1) is 12.5. The number of hydrogen-bond acceptors (Lipinski definition) is 4. The highest BCUT2D eigenvalue weighted by Crippen LogP contribution is 2.29. The molecule has 0 aliphatic carbocycles. The monoisotopic (exact) mass is 367 g/mol. The molecule has 5 heteroatoms. The standard InChI is InChI=1S/C21H21NO3S/c1-13(2)17-6-4-5-7-18(17)25-12-15-8-10-16(11-9-15)20-22-14(3)19(26-20)21(23)24/h4-11,13H,12H2,1-3H3,(H,23,24). The summed E-state index contributed by atoms with van der Waals surface area (Å²) in [5, 5.41) is 9.88. The van der Waals surface area contributed by atoms with Gasteiger partial charge in [0, 0.05) is 5.56 Å². The summed E-state index contributed by atoms with van der Waals surface area (Å²) in [5.74, 6) is 0.387. The van der Waals surface area contributed by atoms with Crippen molar-refractivity contribution in [3.63, 3.8) is 0 Å². The topological polar surface area (TPSA) is 59.4 Å². The quantitative estimate of drug-likeness (QED) is 0.623. The molecule has 0 aliphatic rings. The third-order valence-corrected chi connectivity index (χ3v) is 5.32. The van der Waals surface area contributed by atoms with E-state index in [4.69, 9.17) is 9.84 Å². The van der Waals surface area contributed by atoms with Crippen LogP contribution in [0.1, 0.15) is 46.3 Å². The van der Waals surface area contributed by atoms with Crippen LogP contribution in [0.5, 0.6) is 5.75 Å². The molecular formula is C21H21NO3S. The summed E-state index contributed by atoms with van der Waals surface area (Å²) in [4.78, 5) is 15.8. The van der Waals surface area contributed by atoms with E-state index in [-0.39, 0.29) is 4.88 Å². The molecule has 0 unspecified atom stereocenters. The van der Waals surface area contributed by atoms with Crippen molar-refractivity contribution in [2.45, 2.75) is 33.3 Å². The van der Waals surface area contributed by atoms with Gasteiger partial charge in [-0.2, -0.15) is 0 Å². The molecule has 0 bridgehead atoms. The molecule has 0 atom stereocenters. The predicted molar refractivity (Wildman–Crippen MR) is 104 cm³/mol. The van der Waals surface area contributed by atoms with Crippen LogP contribution in [0, 0.1) is 6.92 Å². The SMILES string of the molecule is Cc1nc(-c2ccc(COc3ccccc3C(C)C)cc2)sc1C(=O)O. The fraction of sp³-hybridized carbons (Fsp3) is 0.238. The van der Waals surface area contributed by atoms with Crippen LogP contribution in [0.3, 0.4) is 0 Å². The number of aromatic carboxylic acids is 1. The molecule has 0 saturated carbocycles. The molecule has 0 aliphatic heterocycles. The lowest BCUT2D eigenvalue weighted by molar-refractivity contribution is 0.0701. The Hall–Kier alpha value is -2.66. The molecule has 0 saturated heterocycles. The molecule has 0 radical (unpaired) electrons. The lowest BCUT2D eigenvalue weighted by Gasteiger charge is -2.14. The maximum Gasteiger partial charge on any atom is 0.347 e. The second-order valence-electron chi connectivity index (χ2n) is 6.42. The number of thiazole rings is 1. The lowest BCUT2D eigenvalue weighted by Crippen LogP contribution is -1.99. The van der Waals surface area contributed by atoms with E-state index in [1.165, 1.54) is 16.9 Å². The molecule has 1 heterocycles. The Kier molecular flexibility index (Phi) is 5.38. The van der Waals surface area contributed by atoms with Gasteiger partial charge in [-0.05, 0) is 30.0 Å². The first-order valence-corrected chi connectivity index (χ1v) is 9.29. The molecule has 1 aromatic heterocycles. The molecule has 0 fully saturated rings. The normalized spacial score (nSPS) is 10.9. The minimum Gasteiger partial charge on any atom is -0.489 e. The highest BCUT2D eigenvalue weighted by molar-refractivity contribution is 7.17. The number of rotatable bonds is 6. The maximum absolute atomic E-state index is 11.2. The van der Waals surface area contributed by atoms with E-state index in [0.717, 1.165) is 21.9 Å². The van der Waals surface area contributed by atoms with Crippen LogP contribution >= 0.6 is 11.3 Å². The van der Waals surface area contributed by atoms with Gasteiger partial charge < -0.3 is 9.84 Å².